The maximum atomic E-state index is 14.0. The number of hydrogen-bond acceptors (Lipinski definition) is 8. The predicted molar refractivity (Wildman–Crippen MR) is 138 cm³/mol. The van der Waals surface area contributed by atoms with Crippen LogP contribution >= 0.6 is 22.7 Å². The summed E-state index contributed by atoms with van der Waals surface area (Å²) in [7, 11) is 1.75. The molecular weight excluding hydrogens is 492 g/mol. The fourth-order valence-corrected chi connectivity index (χ4v) is 7.98. The van der Waals surface area contributed by atoms with E-state index in [2.05, 4.69) is 0 Å². The second-order valence-corrected chi connectivity index (χ2v) is 12.7. The van der Waals surface area contributed by atoms with Crippen LogP contribution in [-0.2, 0) is 14.8 Å². The second kappa shape index (κ2) is 10.3. The molecule has 1 amide bonds. The Labute approximate surface area is 208 Å². The number of carbonyl (C=O) groups excluding carboxylic acids is 1. The topological polar surface area (TPSA) is 83.0 Å². The fourth-order valence-electron chi connectivity index (χ4n) is 4.12. The number of anilines is 1. The van der Waals surface area contributed by atoms with E-state index in [1.807, 2.05) is 38.1 Å². The largest absolute Gasteiger partial charge is 0.494 e. The summed E-state index contributed by atoms with van der Waals surface area (Å²) in [6.45, 7) is 3.38. The molecular formula is C23H30N4O4S3. The molecule has 1 saturated heterocycles. The first kappa shape index (κ1) is 25.1. The number of aryl methyl sites for hydroxylation is 1. The van der Waals surface area contributed by atoms with Crippen molar-refractivity contribution in [2.75, 3.05) is 45.7 Å². The lowest BCUT2D eigenvalue weighted by molar-refractivity contribution is -0.123. The standard InChI is InChI=1S/C23H30N4O4S3/c1-16-10-11-18(31-4)20-21(16)33-23(24-20)26(14-13-25(2)3)22(28)17-8-5-6-12-27(17)34(29,30)19-9-7-15-32-19/h7,9-11,15,17H,5-6,8,12-14H2,1-4H3. The average Bonchev–Trinajstić information content (AvgIpc) is 3.51. The number of likely N-dealkylation sites (N-methyl/N-ethyl adjacent to an activating group) is 1. The number of thiazole rings is 1. The molecule has 34 heavy (non-hydrogen) atoms. The minimum absolute atomic E-state index is 0.225. The van der Waals surface area contributed by atoms with Crippen molar-refractivity contribution in [1.82, 2.24) is 14.2 Å². The number of carbonyl (C=O) groups is 1. The van der Waals surface area contributed by atoms with Gasteiger partial charge in [0.1, 0.15) is 21.5 Å². The van der Waals surface area contributed by atoms with Crippen molar-refractivity contribution in [2.24, 2.45) is 0 Å². The Morgan fingerprint density at radius 1 is 1.24 bits per heavy atom. The van der Waals surface area contributed by atoms with E-state index in [0.717, 1.165) is 28.6 Å². The highest BCUT2D eigenvalue weighted by molar-refractivity contribution is 7.91. The van der Waals surface area contributed by atoms with E-state index in [4.69, 9.17) is 9.72 Å². The van der Waals surface area contributed by atoms with Gasteiger partial charge >= 0.3 is 0 Å². The number of sulfonamides is 1. The number of piperidine rings is 1. The van der Waals surface area contributed by atoms with Crippen LogP contribution < -0.4 is 9.64 Å². The van der Waals surface area contributed by atoms with Crippen molar-refractivity contribution in [1.29, 1.82) is 0 Å². The fraction of sp³-hybridized carbons (Fsp3) is 0.478. The zero-order chi connectivity index (χ0) is 24.5. The van der Waals surface area contributed by atoms with Gasteiger partial charge in [-0.2, -0.15) is 4.31 Å². The molecule has 1 unspecified atom stereocenters. The van der Waals surface area contributed by atoms with E-state index >= 15 is 0 Å². The Morgan fingerprint density at radius 3 is 2.71 bits per heavy atom. The third-order valence-electron chi connectivity index (χ3n) is 5.98. The van der Waals surface area contributed by atoms with Crippen LogP contribution in [0.1, 0.15) is 24.8 Å². The Balaban J connectivity index is 1.74. The van der Waals surface area contributed by atoms with E-state index in [9.17, 15) is 13.2 Å². The minimum Gasteiger partial charge on any atom is -0.494 e. The predicted octanol–water partition coefficient (Wildman–Crippen LogP) is 3.81. The van der Waals surface area contributed by atoms with Crippen LogP contribution in [0.2, 0.25) is 0 Å². The van der Waals surface area contributed by atoms with Crippen molar-refractivity contribution in [3.8, 4) is 5.75 Å². The van der Waals surface area contributed by atoms with Crippen LogP contribution in [0, 0.1) is 6.92 Å². The van der Waals surface area contributed by atoms with Crippen molar-refractivity contribution >= 4 is 54.0 Å². The third kappa shape index (κ3) is 4.85. The van der Waals surface area contributed by atoms with Gasteiger partial charge in [0.05, 0.1) is 11.8 Å². The molecule has 0 spiro atoms. The highest BCUT2D eigenvalue weighted by atomic mass is 32.2. The molecule has 1 aromatic carbocycles. The Bertz CT molecular complexity index is 1250. The van der Waals surface area contributed by atoms with Gasteiger partial charge in [0.25, 0.3) is 10.0 Å². The molecule has 2 aromatic heterocycles. The van der Waals surface area contributed by atoms with Crippen LogP contribution in [-0.4, -0.2) is 75.4 Å². The van der Waals surface area contributed by atoms with Gasteiger partial charge in [-0.3, -0.25) is 9.69 Å². The van der Waals surface area contributed by atoms with Crippen molar-refractivity contribution in [3.63, 3.8) is 0 Å². The normalized spacial score (nSPS) is 17.4. The molecule has 11 heteroatoms. The van der Waals surface area contributed by atoms with E-state index < -0.39 is 16.1 Å². The van der Waals surface area contributed by atoms with Gasteiger partial charge in [-0.05, 0) is 56.9 Å². The number of nitrogens with zero attached hydrogens (tertiary/aromatic N) is 4. The highest BCUT2D eigenvalue weighted by Crippen LogP contribution is 2.37. The first-order valence-electron chi connectivity index (χ1n) is 11.2. The smallest absolute Gasteiger partial charge is 0.253 e. The molecule has 1 fully saturated rings. The molecule has 1 aliphatic heterocycles. The summed E-state index contributed by atoms with van der Waals surface area (Å²) in [5.41, 5.74) is 1.77. The minimum atomic E-state index is -3.74. The Morgan fingerprint density at radius 2 is 2.03 bits per heavy atom. The molecule has 0 bridgehead atoms. The van der Waals surface area contributed by atoms with Crippen LogP contribution in [0.25, 0.3) is 10.2 Å². The molecule has 0 N–H and O–H groups in total. The van der Waals surface area contributed by atoms with Gasteiger partial charge in [-0.1, -0.05) is 29.9 Å². The Hall–Kier alpha value is -2.05. The van der Waals surface area contributed by atoms with Gasteiger partial charge < -0.3 is 9.64 Å². The average molecular weight is 523 g/mol. The zero-order valence-corrected chi connectivity index (χ0v) is 22.3. The maximum absolute atomic E-state index is 14.0. The number of amides is 1. The summed E-state index contributed by atoms with van der Waals surface area (Å²) in [5.74, 6) is 0.431. The molecule has 3 aromatic rings. The lowest BCUT2D eigenvalue weighted by Crippen LogP contribution is -2.53. The summed E-state index contributed by atoms with van der Waals surface area (Å²) in [5, 5.41) is 2.31. The third-order valence-corrected chi connectivity index (χ3v) is 10.5. The molecule has 0 saturated carbocycles. The van der Waals surface area contributed by atoms with Crippen molar-refractivity contribution in [2.45, 2.75) is 36.4 Å². The summed E-state index contributed by atoms with van der Waals surface area (Å²) in [4.78, 5) is 22.4. The monoisotopic (exact) mass is 522 g/mol. The number of hydrogen-bond donors (Lipinski definition) is 0. The number of ether oxygens (including phenoxy) is 1. The first-order valence-corrected chi connectivity index (χ1v) is 14.3. The first-order chi connectivity index (χ1) is 16.2. The quantitative estimate of drug-likeness (QED) is 0.447. The van der Waals surface area contributed by atoms with E-state index in [1.165, 1.54) is 27.0 Å². The zero-order valence-electron chi connectivity index (χ0n) is 19.9. The van der Waals surface area contributed by atoms with Gasteiger partial charge in [0, 0.05) is 19.6 Å². The highest BCUT2D eigenvalue weighted by Gasteiger charge is 2.40. The molecule has 8 nitrogen and oxygen atoms in total. The Kier molecular flexibility index (Phi) is 7.58. The second-order valence-electron chi connectivity index (χ2n) is 8.61. The molecule has 3 heterocycles. The van der Waals surface area contributed by atoms with E-state index in [0.29, 0.717) is 36.9 Å². The summed E-state index contributed by atoms with van der Waals surface area (Å²) < 4.78 is 34.9. The summed E-state index contributed by atoms with van der Waals surface area (Å²) >= 11 is 2.62. The lowest BCUT2D eigenvalue weighted by Gasteiger charge is -2.36. The number of thiophene rings is 1. The molecule has 1 aliphatic rings. The molecule has 184 valence electrons. The van der Waals surface area contributed by atoms with E-state index in [-0.39, 0.29) is 10.1 Å². The number of aromatic nitrogens is 1. The van der Waals surface area contributed by atoms with Crippen LogP contribution in [0.3, 0.4) is 0 Å². The molecule has 4 rings (SSSR count). The van der Waals surface area contributed by atoms with Gasteiger partial charge in [0.2, 0.25) is 5.91 Å². The number of fused-ring (bicyclic) bond motifs is 1. The van der Waals surface area contributed by atoms with Crippen molar-refractivity contribution < 1.29 is 17.9 Å². The van der Waals surface area contributed by atoms with Gasteiger partial charge in [0.15, 0.2) is 5.13 Å². The lowest BCUT2D eigenvalue weighted by atomic mass is 10.0. The van der Waals surface area contributed by atoms with Crippen LogP contribution in [0.5, 0.6) is 5.75 Å². The van der Waals surface area contributed by atoms with Crippen LogP contribution in [0.4, 0.5) is 5.13 Å². The van der Waals surface area contributed by atoms with Crippen molar-refractivity contribution in [3.05, 3.63) is 35.2 Å². The number of benzene rings is 1. The maximum Gasteiger partial charge on any atom is 0.253 e. The molecule has 1 atom stereocenters. The molecule has 0 radical (unpaired) electrons. The van der Waals surface area contributed by atoms with Gasteiger partial charge in [-0.15, -0.1) is 11.3 Å². The number of rotatable bonds is 8. The number of methoxy groups -OCH3 is 1. The van der Waals surface area contributed by atoms with Crippen LogP contribution in [0.15, 0.2) is 33.9 Å². The van der Waals surface area contributed by atoms with E-state index in [1.54, 1.807) is 29.5 Å². The molecule has 0 aliphatic carbocycles. The summed E-state index contributed by atoms with van der Waals surface area (Å²) in [6.07, 6.45) is 2.04. The van der Waals surface area contributed by atoms with Gasteiger partial charge in [-0.25, -0.2) is 13.4 Å². The summed E-state index contributed by atoms with van der Waals surface area (Å²) in [6, 6.07) is 6.43. The SMILES string of the molecule is COc1ccc(C)c2sc(N(CCN(C)C)C(=O)C3CCCCN3S(=O)(=O)c3cccs3)nc12.